The highest BCUT2D eigenvalue weighted by atomic mass is 32.2. The summed E-state index contributed by atoms with van der Waals surface area (Å²) in [4.78, 5) is 11.9. The standard InChI is InChI=1S/C14H13FN2O3S/c1-9-8-10(2-7-13(9)15)14(18)17-11-3-5-12(6-4-11)21(16,19)20/h2-8H,1H3,(H,17,18)(H2,16,19,20). The monoisotopic (exact) mass is 308 g/mol. The van der Waals surface area contributed by atoms with Gasteiger partial charge in [-0.05, 0) is 55.0 Å². The van der Waals surface area contributed by atoms with Gasteiger partial charge in [-0.25, -0.2) is 17.9 Å². The van der Waals surface area contributed by atoms with Crippen LogP contribution in [0.1, 0.15) is 15.9 Å². The molecule has 110 valence electrons. The summed E-state index contributed by atoms with van der Waals surface area (Å²) in [5, 5.41) is 7.57. The zero-order valence-corrected chi connectivity index (χ0v) is 11.9. The van der Waals surface area contributed by atoms with Gasteiger partial charge in [0.15, 0.2) is 0 Å². The van der Waals surface area contributed by atoms with E-state index in [0.717, 1.165) is 0 Å². The number of anilines is 1. The Morgan fingerprint density at radius 2 is 1.76 bits per heavy atom. The highest BCUT2D eigenvalue weighted by molar-refractivity contribution is 7.89. The first-order chi connectivity index (χ1) is 9.77. The molecule has 2 aromatic carbocycles. The molecule has 0 saturated carbocycles. The maximum Gasteiger partial charge on any atom is 0.255 e. The second-order valence-corrected chi connectivity index (χ2v) is 6.05. The lowest BCUT2D eigenvalue weighted by Gasteiger charge is -2.07. The van der Waals surface area contributed by atoms with E-state index in [4.69, 9.17) is 5.14 Å². The Hall–Kier alpha value is -2.25. The fourth-order valence-corrected chi connectivity index (χ4v) is 2.23. The number of benzene rings is 2. The van der Waals surface area contributed by atoms with Gasteiger partial charge in [-0.1, -0.05) is 0 Å². The summed E-state index contributed by atoms with van der Waals surface area (Å²) in [5.74, 6) is -0.800. The minimum Gasteiger partial charge on any atom is -0.322 e. The van der Waals surface area contributed by atoms with E-state index in [1.54, 1.807) is 6.92 Å². The Kier molecular flexibility index (Phi) is 4.06. The van der Waals surface area contributed by atoms with Crippen LogP contribution in [0, 0.1) is 12.7 Å². The molecule has 2 aromatic rings. The van der Waals surface area contributed by atoms with Crippen LogP contribution < -0.4 is 10.5 Å². The first-order valence-electron chi connectivity index (χ1n) is 5.98. The van der Waals surface area contributed by atoms with E-state index < -0.39 is 15.9 Å². The second-order valence-electron chi connectivity index (χ2n) is 4.49. The molecule has 0 aliphatic carbocycles. The molecular weight excluding hydrogens is 295 g/mol. The molecule has 0 spiro atoms. The average Bonchev–Trinajstić information content (AvgIpc) is 2.41. The molecule has 7 heteroatoms. The van der Waals surface area contributed by atoms with Crippen molar-refractivity contribution in [2.45, 2.75) is 11.8 Å². The zero-order chi connectivity index (χ0) is 15.6. The topological polar surface area (TPSA) is 89.3 Å². The van der Waals surface area contributed by atoms with E-state index in [-0.39, 0.29) is 10.7 Å². The van der Waals surface area contributed by atoms with Gasteiger partial charge in [-0.2, -0.15) is 0 Å². The van der Waals surface area contributed by atoms with Crippen molar-refractivity contribution in [3.05, 3.63) is 59.4 Å². The highest BCUT2D eigenvalue weighted by Gasteiger charge is 2.10. The smallest absolute Gasteiger partial charge is 0.255 e. The summed E-state index contributed by atoms with van der Waals surface area (Å²) in [6, 6.07) is 9.46. The molecule has 0 atom stereocenters. The van der Waals surface area contributed by atoms with Crippen molar-refractivity contribution in [3.8, 4) is 0 Å². The van der Waals surface area contributed by atoms with Crippen LogP contribution >= 0.6 is 0 Å². The molecular formula is C14H13FN2O3S. The van der Waals surface area contributed by atoms with Crippen molar-refractivity contribution >= 4 is 21.6 Å². The highest BCUT2D eigenvalue weighted by Crippen LogP contribution is 2.15. The lowest BCUT2D eigenvalue weighted by atomic mass is 10.1. The van der Waals surface area contributed by atoms with Crippen LogP contribution in [0.15, 0.2) is 47.4 Å². The molecule has 5 nitrogen and oxygen atoms in total. The number of sulfonamides is 1. The third kappa shape index (κ3) is 3.65. The molecule has 0 aliphatic heterocycles. The number of amides is 1. The van der Waals surface area contributed by atoms with Crippen molar-refractivity contribution < 1.29 is 17.6 Å². The SMILES string of the molecule is Cc1cc(C(=O)Nc2ccc(S(N)(=O)=O)cc2)ccc1F. The minimum atomic E-state index is -3.76. The number of primary sulfonamides is 1. The molecule has 0 unspecified atom stereocenters. The number of aryl methyl sites for hydroxylation is 1. The summed E-state index contributed by atoms with van der Waals surface area (Å²) in [7, 11) is -3.76. The van der Waals surface area contributed by atoms with Crippen LogP contribution in [0.2, 0.25) is 0 Å². The number of carbonyl (C=O) groups is 1. The van der Waals surface area contributed by atoms with Crippen molar-refractivity contribution in [1.29, 1.82) is 0 Å². The van der Waals surface area contributed by atoms with Crippen molar-refractivity contribution in [3.63, 3.8) is 0 Å². The Morgan fingerprint density at radius 3 is 2.29 bits per heavy atom. The van der Waals surface area contributed by atoms with Crippen molar-refractivity contribution in [1.82, 2.24) is 0 Å². The van der Waals surface area contributed by atoms with Crippen molar-refractivity contribution in [2.24, 2.45) is 5.14 Å². The third-order valence-corrected chi connectivity index (χ3v) is 3.79. The minimum absolute atomic E-state index is 0.0434. The van der Waals surface area contributed by atoms with E-state index in [9.17, 15) is 17.6 Å². The number of halogens is 1. The molecule has 1 amide bonds. The Balaban J connectivity index is 2.18. The fourth-order valence-electron chi connectivity index (χ4n) is 1.72. The number of rotatable bonds is 3. The van der Waals surface area contributed by atoms with Gasteiger partial charge in [0.05, 0.1) is 4.90 Å². The number of hydrogen-bond acceptors (Lipinski definition) is 3. The van der Waals surface area contributed by atoms with Crippen LogP contribution in [-0.4, -0.2) is 14.3 Å². The van der Waals surface area contributed by atoms with E-state index in [1.165, 1.54) is 42.5 Å². The fraction of sp³-hybridized carbons (Fsp3) is 0.0714. The van der Waals surface area contributed by atoms with Gasteiger partial charge >= 0.3 is 0 Å². The molecule has 0 radical (unpaired) electrons. The predicted octanol–water partition coefficient (Wildman–Crippen LogP) is 2.03. The van der Waals surface area contributed by atoms with Gasteiger partial charge in [-0.15, -0.1) is 0 Å². The van der Waals surface area contributed by atoms with E-state index in [1.807, 2.05) is 0 Å². The van der Waals surface area contributed by atoms with Gasteiger partial charge in [0, 0.05) is 11.3 Å². The average molecular weight is 308 g/mol. The Morgan fingerprint density at radius 1 is 1.14 bits per heavy atom. The van der Waals surface area contributed by atoms with Gasteiger partial charge < -0.3 is 5.32 Å². The number of nitrogens with one attached hydrogen (secondary N) is 1. The molecule has 0 bridgehead atoms. The van der Waals surface area contributed by atoms with Gasteiger partial charge in [0.1, 0.15) is 5.82 Å². The van der Waals surface area contributed by atoms with Crippen LogP contribution in [0.4, 0.5) is 10.1 Å². The van der Waals surface area contributed by atoms with Gasteiger partial charge in [0.25, 0.3) is 5.91 Å². The van der Waals surface area contributed by atoms with Crippen LogP contribution in [0.5, 0.6) is 0 Å². The zero-order valence-electron chi connectivity index (χ0n) is 11.1. The number of hydrogen-bond donors (Lipinski definition) is 2. The van der Waals surface area contributed by atoms with E-state index in [2.05, 4.69) is 5.32 Å². The molecule has 21 heavy (non-hydrogen) atoms. The first kappa shape index (κ1) is 15.1. The Bertz CT molecular complexity index is 786. The van der Waals surface area contributed by atoms with Crippen LogP contribution in [0.25, 0.3) is 0 Å². The lowest BCUT2D eigenvalue weighted by Crippen LogP contribution is -2.14. The molecule has 3 N–H and O–H groups in total. The third-order valence-electron chi connectivity index (χ3n) is 2.86. The number of carbonyl (C=O) groups excluding carboxylic acids is 1. The summed E-state index contributed by atoms with van der Waals surface area (Å²) in [6.45, 7) is 1.56. The molecule has 0 heterocycles. The molecule has 0 fully saturated rings. The van der Waals surface area contributed by atoms with E-state index in [0.29, 0.717) is 16.8 Å². The lowest BCUT2D eigenvalue weighted by molar-refractivity contribution is 0.102. The summed E-state index contributed by atoms with van der Waals surface area (Å²) in [5.41, 5.74) is 1.09. The van der Waals surface area contributed by atoms with Crippen LogP contribution in [-0.2, 0) is 10.0 Å². The maximum atomic E-state index is 13.1. The van der Waals surface area contributed by atoms with E-state index >= 15 is 0 Å². The Labute approximate surface area is 121 Å². The normalized spacial score (nSPS) is 11.2. The van der Waals surface area contributed by atoms with Gasteiger partial charge in [0.2, 0.25) is 10.0 Å². The molecule has 2 rings (SSSR count). The predicted molar refractivity (Wildman–Crippen MR) is 76.9 cm³/mol. The maximum absolute atomic E-state index is 13.1. The second kappa shape index (κ2) is 5.63. The summed E-state index contributed by atoms with van der Waals surface area (Å²) in [6.07, 6.45) is 0. The molecule has 0 aromatic heterocycles. The van der Waals surface area contributed by atoms with Gasteiger partial charge in [-0.3, -0.25) is 4.79 Å². The first-order valence-corrected chi connectivity index (χ1v) is 7.52. The number of nitrogens with two attached hydrogens (primary N) is 1. The quantitative estimate of drug-likeness (QED) is 0.909. The molecule has 0 aliphatic rings. The molecule has 0 saturated heterocycles. The summed E-state index contributed by atoms with van der Waals surface area (Å²) < 4.78 is 35.4. The van der Waals surface area contributed by atoms with Crippen LogP contribution in [0.3, 0.4) is 0 Å². The summed E-state index contributed by atoms with van der Waals surface area (Å²) >= 11 is 0. The largest absolute Gasteiger partial charge is 0.322 e. The van der Waals surface area contributed by atoms with Crippen molar-refractivity contribution in [2.75, 3.05) is 5.32 Å².